The minimum Gasteiger partial charge on any atom is -0.256 e. The Labute approximate surface area is 88.7 Å². The van der Waals surface area contributed by atoms with E-state index in [1.165, 1.54) is 10.3 Å². The fourth-order valence-corrected chi connectivity index (χ4v) is 1.46. The Balaban J connectivity index is 2.53. The van der Waals surface area contributed by atoms with Crippen LogP contribution >= 0.6 is 28.7 Å². The maximum Gasteiger partial charge on any atom is 0.192 e. The van der Waals surface area contributed by atoms with Crippen LogP contribution in [0.2, 0.25) is 0 Å². The van der Waals surface area contributed by atoms with Crippen molar-refractivity contribution in [1.29, 1.82) is 0 Å². The predicted octanol–water partition coefficient (Wildman–Crippen LogP) is 1.80. The Morgan fingerprint density at radius 2 is 2.23 bits per heavy atom. The van der Waals surface area contributed by atoms with Gasteiger partial charge in [0.25, 0.3) is 0 Å². The molecule has 0 unspecified atom stereocenters. The summed E-state index contributed by atoms with van der Waals surface area (Å²) in [6, 6.07) is 5.58. The van der Waals surface area contributed by atoms with Crippen molar-refractivity contribution in [3.8, 4) is 11.5 Å². The number of rotatable bonds is 1. The largest absolute Gasteiger partial charge is 0.256 e. The van der Waals surface area contributed by atoms with E-state index in [0.29, 0.717) is 5.82 Å². The lowest BCUT2D eigenvalue weighted by Crippen LogP contribution is -1.89. The topological polar surface area (TPSA) is 43.6 Å². The van der Waals surface area contributed by atoms with Crippen LogP contribution in [-0.4, -0.2) is 19.2 Å². The van der Waals surface area contributed by atoms with Gasteiger partial charge in [0, 0.05) is 0 Å². The van der Waals surface area contributed by atoms with Gasteiger partial charge in [0.05, 0.1) is 0 Å². The Hall–Kier alpha value is -0.880. The van der Waals surface area contributed by atoms with Gasteiger partial charge >= 0.3 is 0 Å². The van der Waals surface area contributed by atoms with Crippen LogP contribution in [0.15, 0.2) is 29.1 Å². The molecule has 66 valence electrons. The minimum absolute atomic E-state index is 0.629. The van der Waals surface area contributed by atoms with Gasteiger partial charge < -0.3 is 0 Å². The number of hydrogen-bond acceptors (Lipinski definition) is 4. The lowest BCUT2D eigenvalue weighted by Gasteiger charge is -1.97. The molecule has 0 atom stereocenters. The molecular weight excluding hydrogens is 252 g/mol. The van der Waals surface area contributed by atoms with Crippen LogP contribution < -0.4 is 0 Å². The molecule has 2 rings (SSSR count). The van der Waals surface area contributed by atoms with Crippen molar-refractivity contribution < 1.29 is 0 Å². The summed E-state index contributed by atoms with van der Waals surface area (Å²) in [7, 11) is 0. The average Bonchev–Trinajstić information content (AvgIpc) is 2.51. The molecule has 6 heteroatoms. The summed E-state index contributed by atoms with van der Waals surface area (Å²) < 4.78 is 2.29. The number of thiol groups is 1. The Morgan fingerprint density at radius 1 is 1.38 bits per heavy atom. The summed E-state index contributed by atoms with van der Waals surface area (Å²) in [5.41, 5.74) is 0.738. The van der Waals surface area contributed by atoms with Crippen molar-refractivity contribution in [3.05, 3.63) is 29.1 Å². The van der Waals surface area contributed by atoms with Gasteiger partial charge in [-0.1, -0.05) is 18.9 Å². The zero-order chi connectivity index (χ0) is 9.26. The molecule has 0 amide bonds. The smallest absolute Gasteiger partial charge is 0.192 e. The van der Waals surface area contributed by atoms with Crippen LogP contribution in [-0.2, 0) is 0 Å². The van der Waals surface area contributed by atoms with Crippen molar-refractivity contribution >= 4 is 28.7 Å². The summed E-state index contributed by atoms with van der Waals surface area (Å²) >= 11 is 7.41. The molecule has 13 heavy (non-hydrogen) atoms. The van der Waals surface area contributed by atoms with Crippen LogP contribution in [0.4, 0.5) is 0 Å². The van der Waals surface area contributed by atoms with Crippen LogP contribution in [0.5, 0.6) is 0 Å². The van der Waals surface area contributed by atoms with Crippen LogP contribution in [0.1, 0.15) is 0 Å². The maximum atomic E-state index is 4.22. The molecule has 0 fully saturated rings. The summed E-state index contributed by atoms with van der Waals surface area (Å²) in [5, 5.41) is 7.59. The fourth-order valence-electron chi connectivity index (χ4n) is 0.931. The number of aromatic nitrogens is 4. The lowest BCUT2D eigenvalue weighted by atomic mass is 10.3. The normalized spacial score (nSPS) is 10.3. The molecule has 0 saturated carbocycles. The molecule has 0 spiro atoms. The average molecular weight is 257 g/mol. The van der Waals surface area contributed by atoms with E-state index in [1.807, 2.05) is 18.2 Å². The first kappa shape index (κ1) is 8.71. The van der Waals surface area contributed by atoms with E-state index >= 15 is 0 Å². The monoisotopic (exact) mass is 256 g/mol. The van der Waals surface area contributed by atoms with E-state index in [4.69, 9.17) is 0 Å². The first-order chi connectivity index (χ1) is 6.27. The third-order valence-corrected chi connectivity index (χ3v) is 2.21. The second-order valence-electron chi connectivity index (χ2n) is 2.34. The molecule has 0 aliphatic rings. The van der Waals surface area contributed by atoms with Crippen LogP contribution in [0, 0.1) is 0 Å². The zero-order valence-corrected chi connectivity index (χ0v) is 8.90. The number of nitrogens with zero attached hydrogens (tertiary/aromatic N) is 4. The summed E-state index contributed by atoms with van der Waals surface area (Å²) in [5.74, 6) is 0.629. The second kappa shape index (κ2) is 3.47. The van der Waals surface area contributed by atoms with Gasteiger partial charge in [0.1, 0.15) is 16.6 Å². The highest BCUT2D eigenvalue weighted by Gasteiger charge is 2.05. The van der Waals surface area contributed by atoms with Crippen molar-refractivity contribution in [1.82, 2.24) is 19.2 Å². The highest BCUT2D eigenvalue weighted by atomic mass is 79.9. The fraction of sp³-hybridized carbons (Fsp3) is 0. The first-order valence-corrected chi connectivity index (χ1v) is 4.69. The summed E-state index contributed by atoms with van der Waals surface area (Å²) in [6.07, 6.45) is 1.51. The third-order valence-electron chi connectivity index (χ3n) is 1.47. The van der Waals surface area contributed by atoms with Gasteiger partial charge in [-0.15, -0.1) is 10.2 Å². The molecule has 2 heterocycles. The number of pyridine rings is 1. The molecule has 2 aromatic rings. The maximum absolute atomic E-state index is 4.22. The van der Waals surface area contributed by atoms with E-state index in [2.05, 4.69) is 43.9 Å². The second-order valence-corrected chi connectivity index (χ2v) is 3.59. The van der Waals surface area contributed by atoms with E-state index < -0.39 is 0 Å². The number of halogens is 1. The highest BCUT2D eigenvalue weighted by Crippen LogP contribution is 2.16. The zero-order valence-electron chi connectivity index (χ0n) is 6.42. The Morgan fingerprint density at radius 3 is 2.85 bits per heavy atom. The standard InChI is InChI=1S/C7H5BrN4S/c8-6-3-1-2-5(10-6)7-11-9-4-12(7)13/h1-4,13H. The van der Waals surface area contributed by atoms with Gasteiger partial charge in [-0.3, -0.25) is 3.97 Å². The molecule has 0 aliphatic heterocycles. The predicted molar refractivity (Wildman–Crippen MR) is 55.3 cm³/mol. The van der Waals surface area contributed by atoms with E-state index in [-0.39, 0.29) is 0 Å². The SMILES string of the molecule is Sn1cnnc1-c1cccc(Br)n1. The van der Waals surface area contributed by atoms with Crippen molar-refractivity contribution in [2.75, 3.05) is 0 Å². The van der Waals surface area contributed by atoms with Gasteiger partial charge in [-0.25, -0.2) is 4.98 Å². The Bertz CT molecular complexity index is 428. The third kappa shape index (κ3) is 1.73. The van der Waals surface area contributed by atoms with E-state index in [9.17, 15) is 0 Å². The van der Waals surface area contributed by atoms with Gasteiger partial charge in [-0.2, -0.15) is 0 Å². The molecular formula is C7H5BrN4S. The van der Waals surface area contributed by atoms with E-state index in [1.54, 1.807) is 0 Å². The molecule has 0 aromatic carbocycles. The molecule has 0 bridgehead atoms. The van der Waals surface area contributed by atoms with Gasteiger partial charge in [-0.05, 0) is 28.1 Å². The molecule has 4 nitrogen and oxygen atoms in total. The van der Waals surface area contributed by atoms with Crippen molar-refractivity contribution in [2.45, 2.75) is 0 Å². The first-order valence-electron chi connectivity index (χ1n) is 3.49. The molecule has 0 saturated heterocycles. The molecule has 0 radical (unpaired) electrons. The Kier molecular flexibility index (Phi) is 2.32. The minimum atomic E-state index is 0.629. The summed E-state index contributed by atoms with van der Waals surface area (Å²) in [6.45, 7) is 0. The molecule has 0 N–H and O–H groups in total. The number of hydrogen-bond donors (Lipinski definition) is 1. The quantitative estimate of drug-likeness (QED) is 0.625. The van der Waals surface area contributed by atoms with Gasteiger partial charge in [0.2, 0.25) is 0 Å². The lowest BCUT2D eigenvalue weighted by molar-refractivity contribution is 1.08. The highest BCUT2D eigenvalue weighted by molar-refractivity contribution is 9.10. The van der Waals surface area contributed by atoms with Crippen LogP contribution in [0.3, 0.4) is 0 Å². The van der Waals surface area contributed by atoms with Crippen LogP contribution in [0.25, 0.3) is 11.5 Å². The van der Waals surface area contributed by atoms with Gasteiger partial charge in [0.15, 0.2) is 5.82 Å². The molecule has 2 aromatic heterocycles. The summed E-state index contributed by atoms with van der Waals surface area (Å²) in [4.78, 5) is 4.22. The van der Waals surface area contributed by atoms with Crippen molar-refractivity contribution in [2.24, 2.45) is 0 Å². The van der Waals surface area contributed by atoms with Crippen molar-refractivity contribution in [3.63, 3.8) is 0 Å². The molecule has 0 aliphatic carbocycles. The van der Waals surface area contributed by atoms with E-state index in [0.717, 1.165) is 10.3 Å².